The Labute approximate surface area is 127 Å². The summed E-state index contributed by atoms with van der Waals surface area (Å²) in [4.78, 5) is 2.58. The number of benzene rings is 1. The van der Waals surface area contributed by atoms with E-state index in [0.717, 1.165) is 25.6 Å². The van der Waals surface area contributed by atoms with Crippen molar-refractivity contribution in [2.75, 3.05) is 18.0 Å². The molecule has 3 heteroatoms. The number of fused-ring (bicyclic) bond motifs is 1. The number of nitrogens with one attached hydrogen (secondary N) is 1. The summed E-state index contributed by atoms with van der Waals surface area (Å²) in [5.41, 5.74) is 2.85. The Bertz CT molecular complexity index is 500. The van der Waals surface area contributed by atoms with Crippen molar-refractivity contribution in [2.24, 2.45) is 5.92 Å². The molecule has 1 aliphatic carbocycles. The lowest BCUT2D eigenvalue weighted by Crippen LogP contribution is -2.42. The van der Waals surface area contributed by atoms with Gasteiger partial charge in [-0.3, -0.25) is 0 Å². The Morgan fingerprint density at radius 3 is 2.81 bits per heavy atom. The lowest BCUT2D eigenvalue weighted by atomic mass is 10.1. The van der Waals surface area contributed by atoms with Gasteiger partial charge in [-0.1, -0.05) is 18.2 Å². The molecule has 0 spiro atoms. The van der Waals surface area contributed by atoms with Crippen LogP contribution >= 0.6 is 0 Å². The van der Waals surface area contributed by atoms with Crippen LogP contribution in [0, 0.1) is 5.92 Å². The van der Waals surface area contributed by atoms with E-state index < -0.39 is 0 Å². The summed E-state index contributed by atoms with van der Waals surface area (Å²) in [7, 11) is 0. The van der Waals surface area contributed by atoms with Crippen molar-refractivity contribution >= 4 is 5.69 Å². The van der Waals surface area contributed by atoms with Gasteiger partial charge in [-0.2, -0.15) is 0 Å². The molecular weight excluding hydrogens is 260 g/mol. The minimum atomic E-state index is 0.408. The number of hydrogen-bond acceptors (Lipinski definition) is 3. The van der Waals surface area contributed by atoms with E-state index in [9.17, 15) is 0 Å². The van der Waals surface area contributed by atoms with Crippen molar-refractivity contribution in [2.45, 2.75) is 57.4 Å². The largest absolute Gasteiger partial charge is 0.373 e. The maximum Gasteiger partial charge on any atom is 0.0754 e. The van der Waals surface area contributed by atoms with E-state index >= 15 is 0 Å². The second-order valence-electron chi connectivity index (χ2n) is 7.00. The first-order valence-electron chi connectivity index (χ1n) is 8.51. The van der Waals surface area contributed by atoms with Crippen LogP contribution in [0.4, 0.5) is 5.69 Å². The summed E-state index contributed by atoms with van der Waals surface area (Å²) < 4.78 is 6.07. The quantitative estimate of drug-likeness (QED) is 0.924. The fourth-order valence-electron chi connectivity index (χ4n) is 3.86. The fraction of sp³-hybridized carbons (Fsp3) is 0.667. The number of nitrogens with zero attached hydrogens (tertiary/aromatic N) is 1. The van der Waals surface area contributed by atoms with Gasteiger partial charge in [0.05, 0.1) is 12.2 Å². The molecule has 114 valence electrons. The highest BCUT2D eigenvalue weighted by atomic mass is 16.5. The van der Waals surface area contributed by atoms with Crippen LogP contribution in [0.1, 0.15) is 38.2 Å². The van der Waals surface area contributed by atoms with Crippen LogP contribution in [-0.4, -0.2) is 31.3 Å². The minimum Gasteiger partial charge on any atom is -0.373 e. The molecule has 1 aromatic carbocycles. The molecule has 1 aromatic rings. The van der Waals surface area contributed by atoms with E-state index in [2.05, 4.69) is 41.4 Å². The lowest BCUT2D eigenvalue weighted by molar-refractivity contribution is 0.0598. The molecule has 1 N–H and O–H groups in total. The van der Waals surface area contributed by atoms with E-state index in [4.69, 9.17) is 4.74 Å². The molecule has 0 aromatic heterocycles. The average molecular weight is 286 g/mol. The maximum absolute atomic E-state index is 6.07. The summed E-state index contributed by atoms with van der Waals surface area (Å²) in [6.45, 7) is 5.39. The van der Waals surface area contributed by atoms with Gasteiger partial charge in [0, 0.05) is 31.4 Å². The average Bonchev–Trinajstić information content (AvgIpc) is 3.27. The van der Waals surface area contributed by atoms with Gasteiger partial charge in [-0.05, 0) is 50.2 Å². The summed E-state index contributed by atoms with van der Waals surface area (Å²) in [5, 5.41) is 3.78. The summed E-state index contributed by atoms with van der Waals surface area (Å²) in [5.74, 6) is 0.894. The zero-order chi connectivity index (χ0) is 14.2. The van der Waals surface area contributed by atoms with Crippen LogP contribution in [-0.2, 0) is 11.3 Å². The zero-order valence-electron chi connectivity index (χ0n) is 12.9. The molecule has 3 nitrogen and oxygen atoms in total. The number of anilines is 1. The third kappa shape index (κ3) is 2.95. The SMILES string of the molecule is CC1CCC(CN2CC(C3CC3)NCc3ccccc32)O1. The van der Waals surface area contributed by atoms with Crippen LogP contribution in [0.3, 0.4) is 0 Å². The van der Waals surface area contributed by atoms with Crippen molar-refractivity contribution in [3.63, 3.8) is 0 Å². The van der Waals surface area contributed by atoms with E-state index in [0.29, 0.717) is 18.2 Å². The van der Waals surface area contributed by atoms with E-state index in [1.54, 1.807) is 0 Å². The Morgan fingerprint density at radius 2 is 2.05 bits per heavy atom. The number of ether oxygens (including phenoxy) is 1. The molecule has 4 rings (SSSR count). The molecule has 3 aliphatic rings. The molecule has 2 fully saturated rings. The normalized spacial score (nSPS) is 32.8. The Morgan fingerprint density at radius 1 is 1.19 bits per heavy atom. The van der Waals surface area contributed by atoms with Gasteiger partial charge < -0.3 is 15.0 Å². The molecule has 0 radical (unpaired) electrons. The monoisotopic (exact) mass is 286 g/mol. The van der Waals surface area contributed by atoms with Crippen LogP contribution < -0.4 is 10.2 Å². The van der Waals surface area contributed by atoms with Gasteiger partial charge in [0.2, 0.25) is 0 Å². The molecule has 1 saturated heterocycles. The van der Waals surface area contributed by atoms with Crippen LogP contribution in [0.25, 0.3) is 0 Å². The second-order valence-corrected chi connectivity index (χ2v) is 7.00. The first-order valence-corrected chi connectivity index (χ1v) is 8.51. The predicted molar refractivity (Wildman–Crippen MR) is 85.6 cm³/mol. The van der Waals surface area contributed by atoms with Crippen molar-refractivity contribution in [3.8, 4) is 0 Å². The van der Waals surface area contributed by atoms with E-state index in [1.165, 1.54) is 36.9 Å². The Kier molecular flexibility index (Phi) is 3.64. The van der Waals surface area contributed by atoms with Crippen LogP contribution in [0.5, 0.6) is 0 Å². The van der Waals surface area contributed by atoms with E-state index in [1.807, 2.05) is 0 Å². The van der Waals surface area contributed by atoms with Gasteiger partial charge in [0.1, 0.15) is 0 Å². The van der Waals surface area contributed by atoms with E-state index in [-0.39, 0.29) is 0 Å². The molecular formula is C18H26N2O. The third-order valence-corrected chi connectivity index (χ3v) is 5.24. The standard InChI is InChI=1S/C18H26N2O/c1-13-6-9-16(21-13)11-20-12-17(14-7-8-14)19-10-15-4-2-3-5-18(15)20/h2-5,13-14,16-17,19H,6-12H2,1H3. The van der Waals surface area contributed by atoms with Crippen molar-refractivity contribution in [1.29, 1.82) is 0 Å². The van der Waals surface area contributed by atoms with Crippen LogP contribution in [0.15, 0.2) is 24.3 Å². The summed E-state index contributed by atoms with van der Waals surface area (Å²) >= 11 is 0. The number of rotatable bonds is 3. The fourth-order valence-corrected chi connectivity index (χ4v) is 3.86. The smallest absolute Gasteiger partial charge is 0.0754 e. The topological polar surface area (TPSA) is 24.5 Å². The highest BCUT2D eigenvalue weighted by Crippen LogP contribution is 2.36. The zero-order valence-corrected chi connectivity index (χ0v) is 12.9. The first-order chi connectivity index (χ1) is 10.3. The lowest BCUT2D eigenvalue weighted by Gasteiger charge is -2.30. The highest BCUT2D eigenvalue weighted by Gasteiger charge is 2.35. The van der Waals surface area contributed by atoms with Gasteiger partial charge >= 0.3 is 0 Å². The molecule has 21 heavy (non-hydrogen) atoms. The van der Waals surface area contributed by atoms with Crippen LogP contribution in [0.2, 0.25) is 0 Å². The molecule has 3 atom stereocenters. The molecule has 2 aliphatic heterocycles. The molecule has 1 saturated carbocycles. The predicted octanol–water partition coefficient (Wildman–Crippen LogP) is 2.94. The highest BCUT2D eigenvalue weighted by molar-refractivity contribution is 5.55. The van der Waals surface area contributed by atoms with Crippen molar-refractivity contribution in [1.82, 2.24) is 5.32 Å². The molecule has 0 bridgehead atoms. The first kappa shape index (κ1) is 13.6. The Balaban J connectivity index is 1.55. The Hall–Kier alpha value is -1.06. The van der Waals surface area contributed by atoms with Gasteiger partial charge in [-0.15, -0.1) is 0 Å². The maximum atomic E-state index is 6.07. The summed E-state index contributed by atoms with van der Waals surface area (Å²) in [6, 6.07) is 9.52. The second kappa shape index (κ2) is 5.62. The van der Waals surface area contributed by atoms with Gasteiger partial charge in [0.25, 0.3) is 0 Å². The summed E-state index contributed by atoms with van der Waals surface area (Å²) in [6.07, 6.45) is 6.07. The van der Waals surface area contributed by atoms with Gasteiger partial charge in [-0.25, -0.2) is 0 Å². The van der Waals surface area contributed by atoms with Gasteiger partial charge in [0.15, 0.2) is 0 Å². The minimum absolute atomic E-state index is 0.408. The molecule has 3 unspecified atom stereocenters. The number of para-hydroxylation sites is 1. The number of hydrogen-bond donors (Lipinski definition) is 1. The third-order valence-electron chi connectivity index (χ3n) is 5.24. The molecule has 2 heterocycles. The molecule has 0 amide bonds. The van der Waals surface area contributed by atoms with Crippen molar-refractivity contribution < 1.29 is 4.74 Å². The van der Waals surface area contributed by atoms with Crippen molar-refractivity contribution in [3.05, 3.63) is 29.8 Å².